The Kier molecular flexibility index (Phi) is 10.9. The molecule has 1 amide bonds. The molecule has 7 atom stereocenters. The fourth-order valence-electron chi connectivity index (χ4n) is 4.35. The number of unbranched alkanes of at least 4 members (excludes halogenated alkanes) is 1. The molecule has 38 heavy (non-hydrogen) atoms. The minimum absolute atomic E-state index is 0.121. The molecule has 214 valence electrons. The molecule has 2 aliphatic heterocycles. The summed E-state index contributed by atoms with van der Waals surface area (Å²) < 4.78 is 43.4. The Balaban J connectivity index is 1.98. The zero-order valence-electron chi connectivity index (χ0n) is 21.7. The second kappa shape index (κ2) is 13.7. The average Bonchev–Trinajstić information content (AvgIpc) is 3.40. The summed E-state index contributed by atoms with van der Waals surface area (Å²) >= 11 is 0. The average molecular weight is 561 g/mol. The van der Waals surface area contributed by atoms with Gasteiger partial charge in [-0.05, 0) is 43.5 Å². The van der Waals surface area contributed by atoms with Crippen LogP contribution >= 0.6 is 7.75 Å². The predicted molar refractivity (Wildman–Crippen MR) is 133 cm³/mol. The van der Waals surface area contributed by atoms with E-state index >= 15 is 0 Å². The van der Waals surface area contributed by atoms with Crippen molar-refractivity contribution in [3.8, 4) is 11.5 Å². The number of rotatable bonds is 12. The van der Waals surface area contributed by atoms with Gasteiger partial charge in [0.05, 0.1) is 20.3 Å². The predicted octanol–water partition coefficient (Wildman–Crippen LogP) is 0.950. The van der Waals surface area contributed by atoms with Crippen LogP contribution in [0.4, 0.5) is 0 Å². The van der Waals surface area contributed by atoms with E-state index in [4.69, 9.17) is 23.3 Å². The van der Waals surface area contributed by atoms with Crippen LogP contribution in [0.25, 0.3) is 0 Å². The molecule has 2 saturated heterocycles. The van der Waals surface area contributed by atoms with Crippen LogP contribution in [0.2, 0.25) is 0 Å². The van der Waals surface area contributed by atoms with E-state index in [2.05, 4.69) is 5.32 Å². The number of carbonyl (C=O) groups is 2. The van der Waals surface area contributed by atoms with Crippen molar-refractivity contribution in [1.29, 1.82) is 0 Å². The molecule has 2 heterocycles. The van der Waals surface area contributed by atoms with Crippen molar-refractivity contribution in [3.05, 3.63) is 24.3 Å². The third kappa shape index (κ3) is 7.23. The molecule has 2 fully saturated rings. The van der Waals surface area contributed by atoms with Crippen LogP contribution in [0.1, 0.15) is 39.5 Å². The van der Waals surface area contributed by atoms with Crippen molar-refractivity contribution in [1.82, 2.24) is 9.99 Å². The van der Waals surface area contributed by atoms with E-state index < -0.39 is 62.9 Å². The largest absolute Gasteiger partial charge is 0.497 e. The molecule has 0 aromatic heterocycles. The first-order valence-electron chi connectivity index (χ1n) is 12.6. The van der Waals surface area contributed by atoms with Crippen molar-refractivity contribution < 1.29 is 52.7 Å². The van der Waals surface area contributed by atoms with Crippen LogP contribution in [0, 0.1) is 0 Å². The maximum atomic E-state index is 14.6. The van der Waals surface area contributed by atoms with Crippen LogP contribution in [0.5, 0.6) is 11.5 Å². The summed E-state index contributed by atoms with van der Waals surface area (Å²) in [5.74, 6) is -0.523. The number of benzene rings is 1. The standard InChI is InChI=1S/C24H37N2O11P/c1-4-5-13-34-23(30)18-7-6-12-26(18)38(32,36-17-10-8-16(33-3)9-11-17)37-22-20(25-15(2)28)24(31)35-19(14-27)21(22)29/h8-11,18-22,24,27,29,31H,4-7,12-14H2,1-3H3,(H,25,28)/t18-,19+,20+,21+,22+,24?,38?/m0/s1. The van der Waals surface area contributed by atoms with Gasteiger partial charge in [-0.2, -0.15) is 4.67 Å². The number of amides is 1. The topological polar surface area (TPSA) is 173 Å². The van der Waals surface area contributed by atoms with E-state index in [9.17, 15) is 29.5 Å². The van der Waals surface area contributed by atoms with E-state index in [1.54, 1.807) is 12.1 Å². The molecule has 0 saturated carbocycles. The minimum atomic E-state index is -4.48. The van der Waals surface area contributed by atoms with Gasteiger partial charge in [-0.3, -0.25) is 14.1 Å². The van der Waals surface area contributed by atoms with Gasteiger partial charge in [-0.15, -0.1) is 0 Å². The number of hydrogen-bond acceptors (Lipinski definition) is 11. The van der Waals surface area contributed by atoms with E-state index in [1.807, 2.05) is 6.92 Å². The first kappa shape index (κ1) is 30.3. The van der Waals surface area contributed by atoms with Gasteiger partial charge in [0.25, 0.3) is 0 Å². The van der Waals surface area contributed by atoms with Crippen molar-refractivity contribution in [3.63, 3.8) is 0 Å². The van der Waals surface area contributed by atoms with E-state index in [0.29, 0.717) is 25.0 Å². The summed E-state index contributed by atoms with van der Waals surface area (Å²) in [6, 6.07) is 3.83. The van der Waals surface area contributed by atoms with Gasteiger partial charge in [0.2, 0.25) is 5.91 Å². The fraction of sp³-hybridized carbons (Fsp3) is 0.667. The molecule has 2 aliphatic rings. The van der Waals surface area contributed by atoms with Crippen LogP contribution in [-0.4, -0.2) is 95.4 Å². The summed E-state index contributed by atoms with van der Waals surface area (Å²) in [5.41, 5.74) is 0. The Hall–Kier alpha value is -2.25. The van der Waals surface area contributed by atoms with Crippen LogP contribution < -0.4 is 14.6 Å². The summed E-state index contributed by atoms with van der Waals surface area (Å²) in [4.78, 5) is 24.8. The van der Waals surface area contributed by atoms with Gasteiger partial charge < -0.3 is 39.4 Å². The highest BCUT2D eigenvalue weighted by atomic mass is 31.2. The van der Waals surface area contributed by atoms with Crippen LogP contribution in [0.15, 0.2) is 24.3 Å². The zero-order chi connectivity index (χ0) is 27.9. The summed E-state index contributed by atoms with van der Waals surface area (Å²) in [6.07, 6.45) is -3.86. The van der Waals surface area contributed by atoms with Crippen LogP contribution in [-0.2, 0) is 28.2 Å². The molecule has 0 spiro atoms. The maximum absolute atomic E-state index is 14.6. The second-order valence-electron chi connectivity index (χ2n) is 9.11. The maximum Gasteiger partial charge on any atom is 0.462 e. The lowest BCUT2D eigenvalue weighted by Gasteiger charge is -2.44. The highest BCUT2D eigenvalue weighted by Crippen LogP contribution is 2.57. The number of carbonyl (C=O) groups excluding carboxylic acids is 2. The van der Waals surface area contributed by atoms with Crippen molar-refractivity contribution in [2.75, 3.05) is 26.9 Å². The Labute approximate surface area is 221 Å². The van der Waals surface area contributed by atoms with Gasteiger partial charge in [0.15, 0.2) is 6.29 Å². The minimum Gasteiger partial charge on any atom is -0.497 e. The smallest absolute Gasteiger partial charge is 0.462 e. The quantitative estimate of drug-likeness (QED) is 0.162. The van der Waals surface area contributed by atoms with Crippen molar-refractivity contribution in [2.24, 2.45) is 0 Å². The molecule has 2 unspecified atom stereocenters. The summed E-state index contributed by atoms with van der Waals surface area (Å²) in [7, 11) is -2.99. The van der Waals surface area contributed by atoms with Gasteiger partial charge in [0.1, 0.15) is 41.9 Å². The van der Waals surface area contributed by atoms with Gasteiger partial charge >= 0.3 is 13.7 Å². The molecule has 4 N–H and O–H groups in total. The summed E-state index contributed by atoms with van der Waals surface area (Å²) in [6.45, 7) is 2.81. The molecular formula is C24H37N2O11P. The van der Waals surface area contributed by atoms with Gasteiger partial charge in [-0.25, -0.2) is 4.57 Å². The number of aliphatic hydroxyl groups is 3. The Bertz CT molecular complexity index is 979. The van der Waals surface area contributed by atoms with Crippen molar-refractivity contribution >= 4 is 19.6 Å². The monoisotopic (exact) mass is 560 g/mol. The molecule has 1 aromatic rings. The molecule has 13 nitrogen and oxygen atoms in total. The lowest BCUT2D eigenvalue weighted by molar-refractivity contribution is -0.250. The SMILES string of the molecule is CCCCOC(=O)[C@@H]1CCCN1P(=O)(Oc1ccc(OC)cc1)O[C@H]1[C@H](O)[C@@H](CO)OC(O)[C@@H]1NC(C)=O. The lowest BCUT2D eigenvalue weighted by atomic mass is 9.97. The van der Waals surface area contributed by atoms with E-state index in [1.165, 1.54) is 30.8 Å². The molecule has 1 aromatic carbocycles. The van der Waals surface area contributed by atoms with Crippen molar-refractivity contribution in [2.45, 2.75) is 76.2 Å². The number of ether oxygens (including phenoxy) is 3. The normalized spacial score (nSPS) is 29.3. The Morgan fingerprint density at radius 2 is 1.89 bits per heavy atom. The number of nitrogens with zero attached hydrogens (tertiary/aromatic N) is 1. The number of methoxy groups -OCH3 is 1. The second-order valence-corrected chi connectivity index (χ2v) is 11.0. The molecule has 0 radical (unpaired) electrons. The highest BCUT2D eigenvalue weighted by molar-refractivity contribution is 7.51. The van der Waals surface area contributed by atoms with Crippen LogP contribution in [0.3, 0.4) is 0 Å². The number of esters is 1. The number of nitrogens with one attached hydrogen (secondary N) is 1. The highest BCUT2D eigenvalue weighted by Gasteiger charge is 2.53. The molecule has 0 aliphatic carbocycles. The van der Waals surface area contributed by atoms with E-state index in [-0.39, 0.29) is 18.9 Å². The first-order chi connectivity index (χ1) is 18.1. The molecule has 14 heteroatoms. The molecular weight excluding hydrogens is 523 g/mol. The lowest BCUT2D eigenvalue weighted by Crippen LogP contribution is -2.64. The molecule has 3 rings (SSSR count). The summed E-state index contributed by atoms with van der Waals surface area (Å²) in [5, 5.41) is 33.5. The Morgan fingerprint density at radius 3 is 2.50 bits per heavy atom. The van der Waals surface area contributed by atoms with Gasteiger partial charge in [-0.1, -0.05) is 13.3 Å². The van der Waals surface area contributed by atoms with E-state index in [0.717, 1.165) is 6.42 Å². The third-order valence-corrected chi connectivity index (χ3v) is 8.39. The number of aliphatic hydroxyl groups excluding tert-OH is 3. The zero-order valence-corrected chi connectivity index (χ0v) is 22.6. The first-order valence-corrected chi connectivity index (χ1v) is 14.1. The van der Waals surface area contributed by atoms with Gasteiger partial charge in [0, 0.05) is 13.5 Å². The number of hydrogen-bond donors (Lipinski definition) is 4. The fourth-order valence-corrected chi connectivity index (χ4v) is 6.51. The third-order valence-electron chi connectivity index (χ3n) is 6.33. The Morgan fingerprint density at radius 1 is 1.21 bits per heavy atom. The molecule has 0 bridgehead atoms.